The molecular weight excluding hydrogens is 741 g/mol. The summed E-state index contributed by atoms with van der Waals surface area (Å²) in [6, 6.07) is 79.7. The second kappa shape index (κ2) is 15.3. The molecule has 11 aromatic rings. The molecule has 0 radical (unpaired) electrons. The maximum absolute atomic E-state index is 6.97. The summed E-state index contributed by atoms with van der Waals surface area (Å²) in [6.45, 7) is 2.19. The van der Waals surface area contributed by atoms with E-state index in [0.29, 0.717) is 0 Å². The van der Waals surface area contributed by atoms with E-state index in [1.54, 1.807) is 0 Å². The Balaban J connectivity index is 1.13. The van der Waals surface area contributed by atoms with E-state index in [9.17, 15) is 0 Å². The standard InChI is InChI=1S/C58H40N2O/c1-39-51(38-55(42-19-8-3-9-20-42)59-57(39)43-21-10-4-11-22-43)53-35-47(36-54-52-34-45-23-14-15-24-46(45)37-56(52)61-58(53)54)44-25-16-28-50(33-44)60(48-26-12-5-13-27-48)49-31-29-41(30-32-49)40-17-6-2-7-18-40/h2-38H,1H3. The van der Waals surface area contributed by atoms with Crippen LogP contribution in [0.4, 0.5) is 17.1 Å². The Morgan fingerprint density at radius 1 is 0.377 bits per heavy atom. The van der Waals surface area contributed by atoms with Gasteiger partial charge in [-0.05, 0) is 118 Å². The quantitative estimate of drug-likeness (QED) is 0.154. The van der Waals surface area contributed by atoms with Crippen molar-refractivity contribution in [3.63, 3.8) is 0 Å². The molecule has 11 rings (SSSR count). The fourth-order valence-electron chi connectivity index (χ4n) is 8.74. The van der Waals surface area contributed by atoms with E-state index in [1.807, 2.05) is 0 Å². The van der Waals surface area contributed by atoms with Gasteiger partial charge in [0.15, 0.2) is 0 Å². The molecule has 288 valence electrons. The number of hydrogen-bond acceptors (Lipinski definition) is 3. The Morgan fingerprint density at radius 2 is 0.934 bits per heavy atom. The number of para-hydroxylation sites is 1. The van der Waals surface area contributed by atoms with Crippen LogP contribution in [-0.2, 0) is 0 Å². The number of pyridine rings is 1. The minimum Gasteiger partial charge on any atom is -0.455 e. The van der Waals surface area contributed by atoms with E-state index >= 15 is 0 Å². The molecule has 2 heterocycles. The van der Waals surface area contributed by atoms with Crippen LogP contribution in [0.15, 0.2) is 229 Å². The predicted molar refractivity (Wildman–Crippen MR) is 256 cm³/mol. The number of nitrogens with zero attached hydrogens (tertiary/aromatic N) is 2. The molecule has 0 saturated heterocycles. The molecule has 0 fully saturated rings. The van der Waals surface area contributed by atoms with Crippen molar-refractivity contribution in [2.45, 2.75) is 6.92 Å². The predicted octanol–water partition coefficient (Wildman–Crippen LogP) is 16.2. The molecule has 2 aromatic heterocycles. The molecule has 0 bridgehead atoms. The number of furan rings is 1. The van der Waals surface area contributed by atoms with Crippen LogP contribution in [0.3, 0.4) is 0 Å². The summed E-state index contributed by atoms with van der Waals surface area (Å²) in [5.74, 6) is 0. The van der Waals surface area contributed by atoms with Crippen molar-refractivity contribution in [2.75, 3.05) is 4.90 Å². The summed E-state index contributed by atoms with van der Waals surface area (Å²) < 4.78 is 6.97. The van der Waals surface area contributed by atoms with E-state index < -0.39 is 0 Å². The molecule has 0 unspecified atom stereocenters. The maximum atomic E-state index is 6.97. The zero-order chi connectivity index (χ0) is 40.7. The van der Waals surface area contributed by atoms with Crippen molar-refractivity contribution in [1.82, 2.24) is 4.98 Å². The number of benzene rings is 9. The van der Waals surface area contributed by atoms with Crippen LogP contribution in [0.25, 0.3) is 88.6 Å². The topological polar surface area (TPSA) is 29.3 Å². The molecule has 9 aromatic carbocycles. The van der Waals surface area contributed by atoms with Gasteiger partial charge in [0.25, 0.3) is 0 Å². The molecule has 3 nitrogen and oxygen atoms in total. The van der Waals surface area contributed by atoms with E-state index in [4.69, 9.17) is 9.40 Å². The lowest BCUT2D eigenvalue weighted by Crippen LogP contribution is -2.09. The van der Waals surface area contributed by atoms with Gasteiger partial charge in [-0.15, -0.1) is 0 Å². The lowest BCUT2D eigenvalue weighted by molar-refractivity contribution is 0.670. The second-order valence-electron chi connectivity index (χ2n) is 15.6. The molecule has 61 heavy (non-hydrogen) atoms. The zero-order valence-corrected chi connectivity index (χ0v) is 33.7. The van der Waals surface area contributed by atoms with Crippen molar-refractivity contribution in [3.8, 4) is 55.9 Å². The fraction of sp³-hybridized carbons (Fsp3) is 0.0172. The number of anilines is 3. The van der Waals surface area contributed by atoms with Gasteiger partial charge in [-0.3, -0.25) is 0 Å². The number of aromatic nitrogens is 1. The van der Waals surface area contributed by atoms with Gasteiger partial charge in [0.05, 0.1) is 11.4 Å². The first-order valence-corrected chi connectivity index (χ1v) is 20.8. The maximum Gasteiger partial charge on any atom is 0.143 e. The Kier molecular flexibility index (Phi) is 9.05. The molecule has 0 spiro atoms. The highest BCUT2D eigenvalue weighted by Crippen LogP contribution is 2.45. The minimum atomic E-state index is 0.863. The lowest BCUT2D eigenvalue weighted by Gasteiger charge is -2.26. The molecule has 0 amide bonds. The third kappa shape index (κ3) is 6.73. The average molecular weight is 781 g/mol. The normalized spacial score (nSPS) is 11.4. The van der Waals surface area contributed by atoms with Crippen molar-refractivity contribution in [1.29, 1.82) is 0 Å². The summed E-state index contributed by atoms with van der Waals surface area (Å²) in [5, 5.41) is 4.50. The second-order valence-corrected chi connectivity index (χ2v) is 15.6. The third-order valence-corrected chi connectivity index (χ3v) is 11.8. The van der Waals surface area contributed by atoms with Crippen LogP contribution in [0.1, 0.15) is 5.56 Å². The molecule has 0 N–H and O–H groups in total. The monoisotopic (exact) mass is 780 g/mol. The highest BCUT2D eigenvalue weighted by Gasteiger charge is 2.21. The number of rotatable bonds is 8. The van der Waals surface area contributed by atoms with Crippen LogP contribution < -0.4 is 4.90 Å². The lowest BCUT2D eigenvalue weighted by atomic mass is 9.91. The molecule has 0 aliphatic heterocycles. The first kappa shape index (κ1) is 36.1. The highest BCUT2D eigenvalue weighted by atomic mass is 16.3. The summed E-state index contributed by atoms with van der Waals surface area (Å²) >= 11 is 0. The average Bonchev–Trinajstić information content (AvgIpc) is 3.69. The van der Waals surface area contributed by atoms with Gasteiger partial charge >= 0.3 is 0 Å². The van der Waals surface area contributed by atoms with E-state index in [0.717, 1.165) is 94.7 Å². The van der Waals surface area contributed by atoms with Gasteiger partial charge in [0, 0.05) is 44.5 Å². The van der Waals surface area contributed by atoms with Crippen molar-refractivity contribution >= 4 is 49.8 Å². The van der Waals surface area contributed by atoms with Gasteiger partial charge in [0.2, 0.25) is 0 Å². The van der Waals surface area contributed by atoms with Crippen molar-refractivity contribution in [2.24, 2.45) is 0 Å². The summed E-state index contributed by atoms with van der Waals surface area (Å²) in [7, 11) is 0. The molecular formula is C58H40N2O. The van der Waals surface area contributed by atoms with Gasteiger partial charge < -0.3 is 9.32 Å². The Hall–Kier alpha value is -8.01. The largest absolute Gasteiger partial charge is 0.455 e. The number of hydrogen-bond donors (Lipinski definition) is 0. The van der Waals surface area contributed by atoms with Crippen molar-refractivity contribution < 1.29 is 4.42 Å². The Morgan fingerprint density at radius 3 is 1.64 bits per heavy atom. The van der Waals surface area contributed by atoms with Gasteiger partial charge in [-0.1, -0.05) is 158 Å². The molecule has 0 aliphatic rings. The first-order chi connectivity index (χ1) is 30.1. The molecule has 0 aliphatic carbocycles. The minimum absolute atomic E-state index is 0.863. The molecule has 3 heteroatoms. The van der Waals surface area contributed by atoms with Gasteiger partial charge in [-0.25, -0.2) is 4.98 Å². The first-order valence-electron chi connectivity index (χ1n) is 20.8. The van der Waals surface area contributed by atoms with Crippen LogP contribution in [0, 0.1) is 6.92 Å². The van der Waals surface area contributed by atoms with Crippen LogP contribution in [0.5, 0.6) is 0 Å². The highest BCUT2D eigenvalue weighted by molar-refractivity contribution is 6.15. The van der Waals surface area contributed by atoms with Crippen LogP contribution >= 0.6 is 0 Å². The summed E-state index contributed by atoms with van der Waals surface area (Å²) in [4.78, 5) is 7.65. The summed E-state index contributed by atoms with van der Waals surface area (Å²) in [6.07, 6.45) is 0. The Labute approximate surface area is 355 Å². The van der Waals surface area contributed by atoms with Crippen LogP contribution in [0.2, 0.25) is 0 Å². The third-order valence-electron chi connectivity index (χ3n) is 11.8. The molecule has 0 saturated carbocycles. The number of fused-ring (bicyclic) bond motifs is 4. The van der Waals surface area contributed by atoms with Crippen molar-refractivity contribution in [3.05, 3.63) is 230 Å². The smallest absolute Gasteiger partial charge is 0.143 e. The van der Waals surface area contributed by atoms with E-state index in [1.165, 1.54) is 16.5 Å². The molecule has 0 atom stereocenters. The zero-order valence-electron chi connectivity index (χ0n) is 33.7. The fourth-order valence-corrected chi connectivity index (χ4v) is 8.74. The van der Waals surface area contributed by atoms with Gasteiger partial charge in [-0.2, -0.15) is 0 Å². The van der Waals surface area contributed by atoms with Crippen LogP contribution in [-0.4, -0.2) is 4.98 Å². The Bertz CT molecular complexity index is 3340. The van der Waals surface area contributed by atoms with Gasteiger partial charge in [0.1, 0.15) is 11.2 Å². The van der Waals surface area contributed by atoms with E-state index in [2.05, 4.69) is 236 Å². The summed E-state index contributed by atoms with van der Waals surface area (Å²) in [5.41, 5.74) is 16.8. The SMILES string of the molecule is Cc1c(-c2cc(-c3cccc(N(c4ccccc4)c4ccc(-c5ccccc5)cc4)c3)cc3c2oc2cc4ccccc4cc23)cc(-c2ccccc2)nc1-c1ccccc1. The van der Waals surface area contributed by atoms with E-state index in [-0.39, 0.29) is 0 Å².